The van der Waals surface area contributed by atoms with Crippen molar-refractivity contribution in [3.8, 4) is 0 Å². The van der Waals surface area contributed by atoms with Crippen molar-refractivity contribution in [1.29, 1.82) is 0 Å². The number of piperidine rings is 1. The van der Waals surface area contributed by atoms with Gasteiger partial charge in [0.05, 0.1) is 25.9 Å². The molecule has 3 rings (SSSR count). The lowest BCUT2D eigenvalue weighted by Crippen LogP contribution is -2.37. The molecule has 1 atom stereocenters. The molecule has 9 heteroatoms. The molecular weight excluding hydrogens is 369 g/mol. The number of halogens is 1. The molecule has 2 saturated heterocycles. The quantitative estimate of drug-likeness (QED) is 0.848. The second kappa shape index (κ2) is 8.45. The van der Waals surface area contributed by atoms with Crippen molar-refractivity contribution in [2.45, 2.75) is 31.8 Å². The molecule has 0 saturated carbocycles. The van der Waals surface area contributed by atoms with Crippen LogP contribution in [0.25, 0.3) is 0 Å². The first-order valence-corrected chi connectivity index (χ1v) is 9.24. The van der Waals surface area contributed by atoms with Crippen LogP contribution in [0, 0.1) is 5.82 Å². The Morgan fingerprint density at radius 1 is 1.32 bits per heavy atom. The molecule has 0 aromatic heterocycles. The summed E-state index contributed by atoms with van der Waals surface area (Å²) in [5.74, 6) is -0.580. The molecule has 28 heavy (non-hydrogen) atoms. The van der Waals surface area contributed by atoms with Crippen molar-refractivity contribution in [3.05, 3.63) is 29.6 Å². The Bertz CT molecular complexity index is 764. The fourth-order valence-corrected chi connectivity index (χ4v) is 3.61. The third kappa shape index (κ3) is 4.35. The molecule has 0 spiro atoms. The lowest BCUT2D eigenvalue weighted by Gasteiger charge is -2.31. The van der Waals surface area contributed by atoms with Crippen molar-refractivity contribution in [2.24, 2.45) is 0 Å². The van der Waals surface area contributed by atoms with Gasteiger partial charge in [-0.3, -0.25) is 9.69 Å². The Hall–Kier alpha value is -2.84. The molecule has 2 aliphatic heterocycles. The number of hydrogen-bond acceptors (Lipinski definition) is 5. The molecule has 152 valence electrons. The molecule has 0 bridgehead atoms. The van der Waals surface area contributed by atoms with E-state index in [0.29, 0.717) is 37.2 Å². The third-order valence-electron chi connectivity index (χ3n) is 5.12. The van der Waals surface area contributed by atoms with Crippen molar-refractivity contribution >= 4 is 23.8 Å². The van der Waals surface area contributed by atoms with Crippen molar-refractivity contribution < 1.29 is 28.2 Å². The predicted molar refractivity (Wildman–Crippen MR) is 98.7 cm³/mol. The Balaban J connectivity index is 1.64. The molecule has 3 amide bonds. The van der Waals surface area contributed by atoms with Gasteiger partial charge in [-0.2, -0.15) is 0 Å². The minimum Gasteiger partial charge on any atom is -0.453 e. The summed E-state index contributed by atoms with van der Waals surface area (Å²) in [6.07, 6.45) is -0.0995. The van der Waals surface area contributed by atoms with Crippen LogP contribution in [0.5, 0.6) is 0 Å². The zero-order valence-electron chi connectivity index (χ0n) is 15.9. The largest absolute Gasteiger partial charge is 0.453 e. The average molecular weight is 393 g/mol. The van der Waals surface area contributed by atoms with Gasteiger partial charge in [0.2, 0.25) is 5.91 Å². The number of anilines is 1. The average Bonchev–Trinajstić information content (AvgIpc) is 3.06. The fraction of sp³-hybridized carbons (Fsp3) is 0.526. The van der Waals surface area contributed by atoms with Gasteiger partial charge in [-0.05, 0) is 36.5 Å². The number of amides is 3. The van der Waals surface area contributed by atoms with Crippen LogP contribution in [0.3, 0.4) is 0 Å². The molecular formula is C19H24FN3O5. The molecule has 1 N–H and O–H groups in total. The highest BCUT2D eigenvalue weighted by Gasteiger charge is 2.33. The first-order chi connectivity index (χ1) is 13.4. The number of likely N-dealkylation sites (tertiary alicyclic amines) is 1. The molecule has 2 heterocycles. The summed E-state index contributed by atoms with van der Waals surface area (Å²) in [7, 11) is 1.34. The van der Waals surface area contributed by atoms with E-state index < -0.39 is 12.2 Å². The van der Waals surface area contributed by atoms with Gasteiger partial charge in [0, 0.05) is 20.0 Å². The second-order valence-corrected chi connectivity index (χ2v) is 6.99. The highest BCUT2D eigenvalue weighted by Crippen LogP contribution is 2.32. The van der Waals surface area contributed by atoms with E-state index in [1.54, 1.807) is 17.0 Å². The maximum atomic E-state index is 14.7. The Kier molecular flexibility index (Phi) is 6.01. The van der Waals surface area contributed by atoms with Crippen LogP contribution in [0.15, 0.2) is 18.2 Å². The summed E-state index contributed by atoms with van der Waals surface area (Å²) in [4.78, 5) is 37.6. The van der Waals surface area contributed by atoms with Crippen LogP contribution in [0.2, 0.25) is 0 Å². The molecule has 2 aliphatic rings. The standard InChI is InChI=1S/C19H24FN3O5/c1-12(24)21-10-15-11-23(19(26)28-15)14-3-4-16(17(20)9-14)13-5-7-22(8-6-13)18(25)27-2/h3-4,9,13,15H,5-8,10-11H2,1-2H3,(H,21,24). The highest BCUT2D eigenvalue weighted by molar-refractivity contribution is 5.89. The maximum absolute atomic E-state index is 14.7. The van der Waals surface area contributed by atoms with E-state index in [9.17, 15) is 18.8 Å². The summed E-state index contributed by atoms with van der Waals surface area (Å²) in [6.45, 7) is 2.88. The zero-order chi connectivity index (χ0) is 20.3. The van der Waals surface area contributed by atoms with E-state index >= 15 is 0 Å². The van der Waals surface area contributed by atoms with E-state index in [1.807, 2.05) is 0 Å². The van der Waals surface area contributed by atoms with Gasteiger partial charge in [-0.15, -0.1) is 0 Å². The maximum Gasteiger partial charge on any atom is 0.414 e. The Labute approximate surface area is 162 Å². The molecule has 8 nitrogen and oxygen atoms in total. The number of nitrogens with one attached hydrogen (secondary N) is 1. The second-order valence-electron chi connectivity index (χ2n) is 6.99. The molecule has 2 fully saturated rings. The normalized spacial score (nSPS) is 20.1. The van der Waals surface area contributed by atoms with E-state index in [-0.39, 0.29) is 36.8 Å². The van der Waals surface area contributed by atoms with Gasteiger partial charge in [0.25, 0.3) is 0 Å². The molecule has 0 radical (unpaired) electrons. The number of ether oxygens (including phenoxy) is 2. The number of carbonyl (C=O) groups excluding carboxylic acids is 3. The number of benzene rings is 1. The summed E-state index contributed by atoms with van der Waals surface area (Å²) < 4.78 is 24.7. The van der Waals surface area contributed by atoms with Crippen LogP contribution >= 0.6 is 0 Å². The first-order valence-electron chi connectivity index (χ1n) is 9.24. The Morgan fingerprint density at radius 3 is 2.64 bits per heavy atom. The number of carbonyl (C=O) groups is 3. The van der Waals surface area contributed by atoms with Crippen LogP contribution in [-0.2, 0) is 14.3 Å². The predicted octanol–water partition coefficient (Wildman–Crippen LogP) is 2.23. The van der Waals surface area contributed by atoms with Crippen LogP contribution in [0.4, 0.5) is 19.7 Å². The van der Waals surface area contributed by atoms with Gasteiger partial charge in [0.15, 0.2) is 0 Å². The van der Waals surface area contributed by atoms with E-state index in [4.69, 9.17) is 9.47 Å². The summed E-state index contributed by atoms with van der Waals surface area (Å²) >= 11 is 0. The van der Waals surface area contributed by atoms with Gasteiger partial charge in [0.1, 0.15) is 11.9 Å². The molecule has 1 unspecified atom stereocenters. The van der Waals surface area contributed by atoms with Gasteiger partial charge in [-0.1, -0.05) is 6.07 Å². The Morgan fingerprint density at radius 2 is 2.04 bits per heavy atom. The number of rotatable bonds is 4. The monoisotopic (exact) mass is 393 g/mol. The summed E-state index contributed by atoms with van der Waals surface area (Å²) in [5.41, 5.74) is 0.999. The van der Waals surface area contributed by atoms with Crippen LogP contribution in [-0.4, -0.2) is 62.4 Å². The van der Waals surface area contributed by atoms with Crippen molar-refractivity contribution in [1.82, 2.24) is 10.2 Å². The minimum absolute atomic E-state index is 0.00741. The van der Waals surface area contributed by atoms with Crippen molar-refractivity contribution in [3.63, 3.8) is 0 Å². The minimum atomic E-state index is -0.561. The van der Waals surface area contributed by atoms with Crippen molar-refractivity contribution in [2.75, 3.05) is 38.2 Å². The lowest BCUT2D eigenvalue weighted by molar-refractivity contribution is -0.119. The molecule has 0 aliphatic carbocycles. The SMILES string of the molecule is COC(=O)N1CCC(c2ccc(N3CC(CNC(C)=O)OC3=O)cc2F)CC1. The zero-order valence-corrected chi connectivity index (χ0v) is 15.9. The highest BCUT2D eigenvalue weighted by atomic mass is 19.1. The number of hydrogen-bond donors (Lipinski definition) is 1. The fourth-order valence-electron chi connectivity index (χ4n) is 3.61. The topological polar surface area (TPSA) is 88.2 Å². The summed E-state index contributed by atoms with van der Waals surface area (Å²) in [5, 5.41) is 2.61. The molecule has 1 aromatic carbocycles. The number of cyclic esters (lactones) is 1. The first kappa shape index (κ1) is 19.9. The van der Waals surface area contributed by atoms with Gasteiger partial charge < -0.3 is 19.7 Å². The molecule has 1 aromatic rings. The van der Waals surface area contributed by atoms with Gasteiger partial charge >= 0.3 is 12.2 Å². The lowest BCUT2D eigenvalue weighted by atomic mass is 9.89. The van der Waals surface area contributed by atoms with Gasteiger partial charge in [-0.25, -0.2) is 14.0 Å². The van der Waals surface area contributed by atoms with E-state index in [2.05, 4.69) is 5.32 Å². The van der Waals surface area contributed by atoms with Crippen LogP contribution in [0.1, 0.15) is 31.2 Å². The number of methoxy groups -OCH3 is 1. The van der Waals surface area contributed by atoms with E-state index in [0.717, 1.165) is 0 Å². The third-order valence-corrected chi connectivity index (χ3v) is 5.12. The summed E-state index contributed by atoms with van der Waals surface area (Å²) in [6, 6.07) is 4.73. The smallest absolute Gasteiger partial charge is 0.414 e. The van der Waals surface area contributed by atoms with Crippen LogP contribution < -0.4 is 10.2 Å². The van der Waals surface area contributed by atoms with E-state index in [1.165, 1.54) is 25.0 Å². The number of nitrogens with zero attached hydrogens (tertiary/aromatic N) is 2.